The Hall–Kier alpha value is -2.06. The summed E-state index contributed by atoms with van der Waals surface area (Å²) in [6.07, 6.45) is 2.62. The summed E-state index contributed by atoms with van der Waals surface area (Å²) in [6.45, 7) is 3.98. The van der Waals surface area contributed by atoms with E-state index in [1.165, 1.54) is 0 Å². The van der Waals surface area contributed by atoms with E-state index >= 15 is 0 Å². The molecule has 3 heteroatoms. The third-order valence-corrected chi connectivity index (χ3v) is 6.11. The first-order valence-corrected chi connectivity index (χ1v) is 9.18. The summed E-state index contributed by atoms with van der Waals surface area (Å²) in [5.41, 5.74) is 5.55. The maximum atomic E-state index is 12.9. The first-order chi connectivity index (χ1) is 12.0. The van der Waals surface area contributed by atoms with Crippen molar-refractivity contribution in [2.75, 3.05) is 0 Å². The van der Waals surface area contributed by atoms with Crippen molar-refractivity contribution in [2.24, 2.45) is 11.8 Å². The quantitative estimate of drug-likeness (QED) is 0.731. The van der Waals surface area contributed by atoms with E-state index in [-0.39, 0.29) is 17.6 Å². The fraction of sp³-hybridized carbons (Fsp3) is 0.318. The fourth-order valence-electron chi connectivity index (χ4n) is 4.17. The Kier molecular flexibility index (Phi) is 3.96. The molecule has 2 nitrogen and oxygen atoms in total. The molecular formula is C22H21ClO2. The second-order valence-electron chi connectivity index (χ2n) is 7.33. The highest BCUT2D eigenvalue weighted by molar-refractivity contribution is 6.31. The van der Waals surface area contributed by atoms with Gasteiger partial charge >= 0.3 is 0 Å². The second-order valence-corrected chi connectivity index (χ2v) is 7.73. The smallest absolute Gasteiger partial charge is 0.169 e. The van der Waals surface area contributed by atoms with Gasteiger partial charge in [-0.15, -0.1) is 0 Å². The zero-order valence-electron chi connectivity index (χ0n) is 14.5. The second kappa shape index (κ2) is 6.03. The van der Waals surface area contributed by atoms with Crippen molar-refractivity contribution in [2.45, 2.75) is 33.1 Å². The summed E-state index contributed by atoms with van der Waals surface area (Å²) < 4.78 is 0. The maximum absolute atomic E-state index is 12.9. The van der Waals surface area contributed by atoms with Gasteiger partial charge < -0.3 is 5.11 Å². The van der Waals surface area contributed by atoms with Crippen molar-refractivity contribution in [3.05, 3.63) is 63.9 Å². The highest BCUT2D eigenvalue weighted by atomic mass is 35.5. The summed E-state index contributed by atoms with van der Waals surface area (Å²) in [5, 5.41) is 11.4. The summed E-state index contributed by atoms with van der Waals surface area (Å²) in [4.78, 5) is 12.9. The van der Waals surface area contributed by atoms with Crippen LogP contribution in [0.1, 0.15) is 36.0 Å². The summed E-state index contributed by atoms with van der Waals surface area (Å²) >= 11 is 6.14. The van der Waals surface area contributed by atoms with Crippen LogP contribution in [0.4, 0.5) is 0 Å². The molecule has 2 atom stereocenters. The van der Waals surface area contributed by atoms with Gasteiger partial charge in [0, 0.05) is 16.9 Å². The number of aliphatic hydroxyl groups is 1. The minimum atomic E-state index is 0.0803. The van der Waals surface area contributed by atoms with Crippen LogP contribution in [0.3, 0.4) is 0 Å². The Morgan fingerprint density at radius 3 is 2.40 bits per heavy atom. The molecule has 0 spiro atoms. The number of carbonyl (C=O) groups excluding carboxylic acids is 1. The fourth-order valence-corrected chi connectivity index (χ4v) is 4.29. The van der Waals surface area contributed by atoms with Gasteiger partial charge in [0.05, 0.1) is 5.57 Å². The first-order valence-electron chi connectivity index (χ1n) is 8.80. The number of hydrogen-bond acceptors (Lipinski definition) is 2. The van der Waals surface area contributed by atoms with E-state index in [2.05, 4.69) is 12.1 Å². The van der Waals surface area contributed by atoms with Gasteiger partial charge in [0.15, 0.2) is 5.78 Å². The standard InChI is InChI=1S/C22H21ClO2/c1-12-3-4-15(14-7-8-19(23)13(2)9-14)11-18(12)20-21(24)16-5-6-17(10-16)22(20)25/h3-4,7-9,11,16-17,24H,5-6,10H2,1-2H3/t16-,17+/m1/s1. The molecule has 0 amide bonds. The number of carbonyl (C=O) groups is 1. The molecule has 128 valence electrons. The number of rotatable bonds is 2. The van der Waals surface area contributed by atoms with Crippen LogP contribution in [-0.4, -0.2) is 10.9 Å². The number of hydrogen-bond donors (Lipinski definition) is 1. The number of halogens is 1. The highest BCUT2D eigenvalue weighted by Crippen LogP contribution is 2.46. The van der Waals surface area contributed by atoms with Gasteiger partial charge in [0.25, 0.3) is 0 Å². The third-order valence-electron chi connectivity index (χ3n) is 5.69. The van der Waals surface area contributed by atoms with Gasteiger partial charge in [-0.1, -0.05) is 29.8 Å². The molecule has 0 aliphatic heterocycles. The molecule has 2 bridgehead atoms. The molecule has 4 rings (SSSR count). The molecule has 2 aliphatic rings. The van der Waals surface area contributed by atoms with Crippen molar-refractivity contribution < 1.29 is 9.90 Å². The van der Waals surface area contributed by atoms with E-state index in [4.69, 9.17) is 11.6 Å². The molecule has 0 unspecified atom stereocenters. The number of allylic oxidation sites excluding steroid dienone is 2. The van der Waals surface area contributed by atoms with Crippen LogP contribution >= 0.6 is 11.6 Å². The van der Waals surface area contributed by atoms with E-state index in [1.807, 2.05) is 38.1 Å². The van der Waals surface area contributed by atoms with Gasteiger partial charge in [0.1, 0.15) is 5.76 Å². The minimum Gasteiger partial charge on any atom is -0.511 e. The number of aliphatic hydroxyl groups excluding tert-OH is 1. The summed E-state index contributed by atoms with van der Waals surface area (Å²) in [6, 6.07) is 12.1. The lowest BCUT2D eigenvalue weighted by molar-refractivity contribution is -0.117. The van der Waals surface area contributed by atoms with Crippen molar-refractivity contribution in [3.63, 3.8) is 0 Å². The van der Waals surface area contributed by atoms with Crippen LogP contribution in [0.25, 0.3) is 16.7 Å². The topological polar surface area (TPSA) is 37.3 Å². The molecule has 0 radical (unpaired) electrons. The van der Waals surface area contributed by atoms with E-state index in [0.29, 0.717) is 11.3 Å². The maximum Gasteiger partial charge on any atom is 0.169 e. The van der Waals surface area contributed by atoms with Crippen molar-refractivity contribution >= 4 is 23.0 Å². The lowest BCUT2D eigenvalue weighted by Gasteiger charge is -2.23. The predicted octanol–water partition coefficient (Wildman–Crippen LogP) is 5.89. The Labute approximate surface area is 153 Å². The van der Waals surface area contributed by atoms with Crippen molar-refractivity contribution in [3.8, 4) is 11.1 Å². The monoisotopic (exact) mass is 352 g/mol. The molecule has 2 aromatic rings. The van der Waals surface area contributed by atoms with Gasteiger partial charge in [-0.25, -0.2) is 0 Å². The molecule has 0 saturated heterocycles. The number of benzene rings is 2. The Balaban J connectivity index is 1.84. The van der Waals surface area contributed by atoms with Crippen molar-refractivity contribution in [1.29, 1.82) is 0 Å². The Morgan fingerprint density at radius 1 is 0.960 bits per heavy atom. The molecule has 1 fully saturated rings. The van der Waals surface area contributed by atoms with E-state index in [0.717, 1.165) is 52.1 Å². The molecule has 0 aromatic heterocycles. The molecule has 1 N–H and O–H groups in total. The van der Waals surface area contributed by atoms with Crippen LogP contribution in [0.5, 0.6) is 0 Å². The average molecular weight is 353 g/mol. The molecule has 2 aliphatic carbocycles. The number of Topliss-reactive ketones (excluding diaryl/α,β-unsaturated/α-hetero) is 1. The SMILES string of the molecule is Cc1cc(-c2ccc(C)c(C3=C(O)[C@@H]4CC[C@@H](C4)C3=O)c2)ccc1Cl. The number of fused-ring (bicyclic) bond motifs is 2. The zero-order valence-corrected chi connectivity index (χ0v) is 15.2. The Bertz CT molecular complexity index is 910. The normalized spacial score (nSPS) is 22.6. The first kappa shape index (κ1) is 16.4. The summed E-state index contributed by atoms with van der Waals surface area (Å²) in [7, 11) is 0. The van der Waals surface area contributed by atoms with Crippen LogP contribution in [0, 0.1) is 25.7 Å². The molecule has 25 heavy (non-hydrogen) atoms. The highest BCUT2D eigenvalue weighted by Gasteiger charge is 2.41. The zero-order chi connectivity index (χ0) is 17.7. The van der Waals surface area contributed by atoms with Crippen LogP contribution in [0.15, 0.2) is 42.2 Å². The van der Waals surface area contributed by atoms with Crippen LogP contribution in [-0.2, 0) is 4.79 Å². The minimum absolute atomic E-state index is 0.0803. The lowest BCUT2D eigenvalue weighted by atomic mass is 9.81. The number of aryl methyl sites for hydroxylation is 2. The molecule has 2 aromatic carbocycles. The predicted molar refractivity (Wildman–Crippen MR) is 102 cm³/mol. The number of ketones is 1. The summed E-state index contributed by atoms with van der Waals surface area (Å²) in [5.74, 6) is 0.639. The molecule has 0 heterocycles. The molecular weight excluding hydrogens is 332 g/mol. The van der Waals surface area contributed by atoms with Crippen LogP contribution in [0.2, 0.25) is 5.02 Å². The average Bonchev–Trinajstić information content (AvgIpc) is 3.05. The van der Waals surface area contributed by atoms with E-state index in [9.17, 15) is 9.90 Å². The third kappa shape index (κ3) is 2.69. The van der Waals surface area contributed by atoms with Crippen molar-refractivity contribution in [1.82, 2.24) is 0 Å². The van der Waals surface area contributed by atoms with Gasteiger partial charge in [-0.05, 0) is 79.1 Å². The van der Waals surface area contributed by atoms with Gasteiger partial charge in [0.2, 0.25) is 0 Å². The van der Waals surface area contributed by atoms with Gasteiger partial charge in [-0.2, -0.15) is 0 Å². The molecule has 1 saturated carbocycles. The Morgan fingerprint density at radius 2 is 1.64 bits per heavy atom. The van der Waals surface area contributed by atoms with Crippen LogP contribution < -0.4 is 0 Å². The van der Waals surface area contributed by atoms with Gasteiger partial charge in [-0.3, -0.25) is 4.79 Å². The lowest BCUT2D eigenvalue weighted by Crippen LogP contribution is -2.21. The van der Waals surface area contributed by atoms with E-state index in [1.54, 1.807) is 0 Å². The largest absolute Gasteiger partial charge is 0.511 e. The van der Waals surface area contributed by atoms with E-state index < -0.39 is 0 Å².